The van der Waals surface area contributed by atoms with E-state index < -0.39 is 23.7 Å². The van der Waals surface area contributed by atoms with Crippen LogP contribution >= 0.6 is 23.1 Å². The van der Waals surface area contributed by atoms with Crippen molar-refractivity contribution >= 4 is 63.2 Å². The number of nitrogens with one attached hydrogen (secondary N) is 1. The zero-order valence-electron chi connectivity index (χ0n) is 22.3. The third-order valence-electron chi connectivity index (χ3n) is 6.46. The average molecular weight is 597 g/mol. The Kier molecular flexibility index (Phi) is 8.38. The number of carbonyl (C=O) groups is 4. The van der Waals surface area contributed by atoms with Crippen LogP contribution in [0, 0.1) is 18.3 Å². The van der Waals surface area contributed by atoms with E-state index in [4.69, 9.17) is 10.5 Å². The summed E-state index contributed by atoms with van der Waals surface area (Å²) in [5.74, 6) is -2.04. The average Bonchev–Trinajstić information content (AvgIpc) is 3.50. The molecule has 1 unspecified atom stereocenters. The van der Waals surface area contributed by atoms with Gasteiger partial charge >= 0.3 is 5.97 Å². The molecule has 1 saturated heterocycles. The van der Waals surface area contributed by atoms with Crippen LogP contribution in [0.3, 0.4) is 0 Å². The van der Waals surface area contributed by atoms with Gasteiger partial charge in [0.2, 0.25) is 11.8 Å². The molecule has 4 aromatic rings. The number of nitrogens with zero attached hydrogens (tertiary/aromatic N) is 2. The van der Waals surface area contributed by atoms with Crippen molar-refractivity contribution in [3.63, 3.8) is 0 Å². The molecule has 5 rings (SSSR count). The fraction of sp³-hybridized carbons (Fsp3) is 0.129. The first-order valence-electron chi connectivity index (χ1n) is 12.8. The fourth-order valence-corrected chi connectivity index (χ4v) is 6.41. The van der Waals surface area contributed by atoms with E-state index in [1.54, 1.807) is 23.6 Å². The number of nitrogen functional groups attached to an aromatic ring is 1. The number of thioether (sulfide) groups is 1. The number of thiophene rings is 1. The van der Waals surface area contributed by atoms with Crippen molar-refractivity contribution in [2.45, 2.75) is 23.5 Å². The van der Waals surface area contributed by atoms with Gasteiger partial charge in [0.1, 0.15) is 11.1 Å². The standard InChI is InChI=1S/C31H24N4O5S2/c1-18-5-7-19(8-6-18)25-17-41-29(24(25)15-32)34-27(36)16-40-31(39)20-9-11-22(12-10-20)35-28(37)14-26(30(35)38)42-23-4-2-3-21(33)13-23/h2-13,17,26H,14,16,33H2,1H3,(H,34,36). The van der Waals surface area contributed by atoms with Gasteiger partial charge in [-0.2, -0.15) is 5.26 Å². The number of nitriles is 1. The lowest BCUT2D eigenvalue weighted by atomic mass is 10.0. The normalized spacial score (nSPS) is 14.5. The van der Waals surface area contributed by atoms with Crippen LogP contribution in [-0.2, 0) is 19.1 Å². The monoisotopic (exact) mass is 596 g/mol. The van der Waals surface area contributed by atoms with Crippen LogP contribution in [0.25, 0.3) is 11.1 Å². The lowest BCUT2D eigenvalue weighted by Crippen LogP contribution is -2.31. The van der Waals surface area contributed by atoms with Gasteiger partial charge in [0, 0.05) is 27.9 Å². The molecule has 210 valence electrons. The van der Waals surface area contributed by atoms with Gasteiger partial charge in [0.25, 0.3) is 5.91 Å². The quantitative estimate of drug-likeness (QED) is 0.156. The van der Waals surface area contributed by atoms with Crippen LogP contribution in [0.5, 0.6) is 0 Å². The van der Waals surface area contributed by atoms with Crippen LogP contribution in [0.4, 0.5) is 16.4 Å². The van der Waals surface area contributed by atoms with E-state index in [9.17, 15) is 24.4 Å². The number of benzene rings is 3. The van der Waals surface area contributed by atoms with Crippen molar-refractivity contribution in [2.24, 2.45) is 0 Å². The molecule has 3 aromatic carbocycles. The second-order valence-corrected chi connectivity index (χ2v) is 11.6. The third-order valence-corrected chi connectivity index (χ3v) is 8.53. The van der Waals surface area contributed by atoms with Crippen LogP contribution in [0.2, 0.25) is 0 Å². The molecule has 3 N–H and O–H groups in total. The van der Waals surface area contributed by atoms with E-state index in [0.29, 0.717) is 27.5 Å². The predicted molar refractivity (Wildman–Crippen MR) is 162 cm³/mol. The first-order chi connectivity index (χ1) is 20.2. The smallest absolute Gasteiger partial charge is 0.338 e. The number of esters is 1. The van der Waals surface area contributed by atoms with Gasteiger partial charge in [-0.15, -0.1) is 23.1 Å². The summed E-state index contributed by atoms with van der Waals surface area (Å²) in [6.45, 7) is 1.41. The molecule has 0 saturated carbocycles. The molecule has 1 aliphatic heterocycles. The maximum atomic E-state index is 13.0. The minimum Gasteiger partial charge on any atom is -0.452 e. The van der Waals surface area contributed by atoms with Crippen molar-refractivity contribution in [3.8, 4) is 17.2 Å². The largest absolute Gasteiger partial charge is 0.452 e. The number of aryl methyl sites for hydroxylation is 1. The second-order valence-electron chi connectivity index (χ2n) is 9.45. The lowest BCUT2D eigenvalue weighted by molar-refractivity contribution is -0.121. The highest BCUT2D eigenvalue weighted by Crippen LogP contribution is 2.36. The van der Waals surface area contributed by atoms with E-state index in [-0.39, 0.29) is 23.8 Å². The van der Waals surface area contributed by atoms with Gasteiger partial charge in [-0.3, -0.25) is 14.4 Å². The molecular formula is C31H24N4O5S2. The number of hydrogen-bond acceptors (Lipinski definition) is 9. The summed E-state index contributed by atoms with van der Waals surface area (Å²) in [5.41, 5.74) is 9.85. The molecule has 1 fully saturated rings. The van der Waals surface area contributed by atoms with E-state index in [1.807, 2.05) is 37.3 Å². The van der Waals surface area contributed by atoms with Crippen molar-refractivity contribution in [2.75, 3.05) is 22.6 Å². The first-order valence-corrected chi connectivity index (χ1v) is 14.5. The fourth-order valence-electron chi connectivity index (χ4n) is 4.35. The summed E-state index contributed by atoms with van der Waals surface area (Å²) in [6, 6.07) is 22.8. The summed E-state index contributed by atoms with van der Waals surface area (Å²) in [4.78, 5) is 52.6. The maximum Gasteiger partial charge on any atom is 0.338 e. The predicted octanol–water partition coefficient (Wildman–Crippen LogP) is 5.40. The molecule has 11 heteroatoms. The zero-order valence-corrected chi connectivity index (χ0v) is 24.0. The number of carbonyl (C=O) groups excluding carboxylic acids is 4. The van der Waals surface area contributed by atoms with Crippen molar-refractivity contribution < 1.29 is 23.9 Å². The topological polar surface area (TPSA) is 143 Å². The summed E-state index contributed by atoms with van der Waals surface area (Å²) in [5, 5.41) is 13.9. The first kappa shape index (κ1) is 28.6. The SMILES string of the molecule is Cc1ccc(-c2csc(NC(=O)COC(=O)c3ccc(N4C(=O)CC(Sc5cccc(N)c5)C4=O)cc3)c2C#N)cc1. The number of amides is 3. The third kappa shape index (κ3) is 6.20. The molecule has 1 atom stereocenters. The molecule has 42 heavy (non-hydrogen) atoms. The molecule has 2 heterocycles. The van der Waals surface area contributed by atoms with Gasteiger partial charge in [-0.1, -0.05) is 35.9 Å². The van der Waals surface area contributed by atoms with E-state index >= 15 is 0 Å². The Labute approximate surface area is 249 Å². The molecule has 0 bridgehead atoms. The van der Waals surface area contributed by atoms with Crippen LogP contribution < -0.4 is 16.0 Å². The minimum absolute atomic E-state index is 0.0431. The Balaban J connectivity index is 1.17. The minimum atomic E-state index is -0.752. The van der Waals surface area contributed by atoms with Gasteiger partial charge in [-0.25, -0.2) is 9.69 Å². The number of imide groups is 1. The molecule has 3 amide bonds. The van der Waals surface area contributed by atoms with Crippen LogP contribution in [0.15, 0.2) is 83.1 Å². The van der Waals surface area contributed by atoms with Crippen molar-refractivity contribution in [3.05, 3.63) is 94.9 Å². The van der Waals surface area contributed by atoms with Crippen LogP contribution in [-0.4, -0.2) is 35.5 Å². The van der Waals surface area contributed by atoms with Crippen molar-refractivity contribution in [1.82, 2.24) is 0 Å². The highest BCUT2D eigenvalue weighted by molar-refractivity contribution is 8.00. The molecule has 1 aromatic heterocycles. The van der Waals surface area contributed by atoms with Gasteiger partial charge in [0.05, 0.1) is 22.1 Å². The Hall–Kier alpha value is -4.92. The summed E-state index contributed by atoms with van der Waals surface area (Å²) in [6.07, 6.45) is 0.0431. The highest BCUT2D eigenvalue weighted by Gasteiger charge is 2.40. The van der Waals surface area contributed by atoms with E-state index in [2.05, 4.69) is 11.4 Å². The van der Waals surface area contributed by atoms with E-state index in [0.717, 1.165) is 20.9 Å². The molecule has 0 aliphatic carbocycles. The number of hydrogen-bond donors (Lipinski definition) is 2. The number of anilines is 3. The van der Waals surface area contributed by atoms with Gasteiger partial charge in [-0.05, 0) is 55.0 Å². The number of rotatable bonds is 8. The van der Waals surface area contributed by atoms with Gasteiger partial charge in [0.15, 0.2) is 6.61 Å². The van der Waals surface area contributed by atoms with E-state index in [1.165, 1.54) is 47.4 Å². The molecule has 1 aliphatic rings. The van der Waals surface area contributed by atoms with Crippen LogP contribution in [0.1, 0.15) is 27.9 Å². The molecule has 0 radical (unpaired) electrons. The van der Waals surface area contributed by atoms with Gasteiger partial charge < -0.3 is 15.8 Å². The Morgan fingerprint density at radius 3 is 2.55 bits per heavy atom. The number of nitrogens with two attached hydrogens (primary N) is 1. The molecular weight excluding hydrogens is 572 g/mol. The molecule has 9 nitrogen and oxygen atoms in total. The summed E-state index contributed by atoms with van der Waals surface area (Å²) < 4.78 is 5.15. The number of ether oxygens (including phenoxy) is 1. The maximum absolute atomic E-state index is 13.0. The highest BCUT2D eigenvalue weighted by atomic mass is 32.2. The summed E-state index contributed by atoms with van der Waals surface area (Å²) in [7, 11) is 0. The summed E-state index contributed by atoms with van der Waals surface area (Å²) >= 11 is 2.49. The zero-order chi connectivity index (χ0) is 29.8. The Bertz CT molecular complexity index is 1730. The molecule has 0 spiro atoms. The Morgan fingerprint density at radius 2 is 1.86 bits per heavy atom. The van der Waals surface area contributed by atoms with Crippen molar-refractivity contribution in [1.29, 1.82) is 5.26 Å². The lowest BCUT2D eigenvalue weighted by Gasteiger charge is -2.15. The Morgan fingerprint density at radius 1 is 1.12 bits per heavy atom. The second kappa shape index (κ2) is 12.3.